The molecule has 9 heteroatoms. The Kier molecular flexibility index (Phi) is 10.2. The molecule has 1 aromatic carbocycles. The Morgan fingerprint density at radius 3 is 2.76 bits per heavy atom. The van der Waals surface area contributed by atoms with Crippen LogP contribution in [0.1, 0.15) is 45.9 Å². The summed E-state index contributed by atoms with van der Waals surface area (Å²) in [7, 11) is 1.79. The average molecular weight is 571 g/mol. The van der Waals surface area contributed by atoms with Crippen LogP contribution < -0.4 is 10.6 Å². The fourth-order valence-electron chi connectivity index (χ4n) is 4.11. The van der Waals surface area contributed by atoms with E-state index in [2.05, 4.69) is 50.3 Å². The number of aryl methyl sites for hydroxylation is 2. The molecule has 2 N–H and O–H groups in total. The molecule has 184 valence electrons. The highest BCUT2D eigenvalue weighted by molar-refractivity contribution is 14.0. The predicted octanol–water partition coefficient (Wildman–Crippen LogP) is 4.16. The van der Waals surface area contributed by atoms with Crippen LogP contribution in [-0.4, -0.2) is 65.3 Å². The maximum absolute atomic E-state index is 12.4. The SMILES string of the molecule is CN=C(NCCCn1c(C)nc2ccccc21)NCC1CCCN(C(=O)OC(C)(C)C)C1.I. The Labute approximate surface area is 214 Å². The van der Waals surface area contributed by atoms with E-state index in [0.29, 0.717) is 12.5 Å². The molecule has 0 radical (unpaired) electrons. The smallest absolute Gasteiger partial charge is 0.410 e. The van der Waals surface area contributed by atoms with Gasteiger partial charge >= 0.3 is 6.09 Å². The number of aliphatic imine (C=N–C) groups is 1. The molecule has 3 rings (SSSR count). The fraction of sp³-hybridized carbons (Fsp3) is 0.625. The summed E-state index contributed by atoms with van der Waals surface area (Å²) in [6.45, 7) is 11.8. The number of nitrogens with one attached hydrogen (secondary N) is 2. The van der Waals surface area contributed by atoms with Crippen molar-refractivity contribution in [2.24, 2.45) is 10.9 Å². The van der Waals surface area contributed by atoms with Crippen LogP contribution in [0.2, 0.25) is 0 Å². The lowest BCUT2D eigenvalue weighted by atomic mass is 9.98. The molecule has 0 spiro atoms. The third-order valence-corrected chi connectivity index (χ3v) is 5.65. The number of aromatic nitrogens is 2. The van der Waals surface area contributed by atoms with Crippen LogP contribution in [0.25, 0.3) is 11.0 Å². The van der Waals surface area contributed by atoms with Gasteiger partial charge in [-0.25, -0.2) is 9.78 Å². The number of rotatable bonds is 6. The lowest BCUT2D eigenvalue weighted by Gasteiger charge is -2.34. The molecule has 0 bridgehead atoms. The summed E-state index contributed by atoms with van der Waals surface area (Å²) in [5, 5.41) is 6.83. The number of fused-ring (bicyclic) bond motifs is 1. The zero-order valence-corrected chi connectivity index (χ0v) is 22.9. The molecule has 2 heterocycles. The number of carbonyl (C=O) groups is 1. The molecule has 1 atom stereocenters. The predicted molar refractivity (Wildman–Crippen MR) is 144 cm³/mol. The van der Waals surface area contributed by atoms with Crippen LogP contribution in [0.15, 0.2) is 29.3 Å². The Hall–Kier alpha value is -2.04. The minimum Gasteiger partial charge on any atom is -0.444 e. The minimum absolute atomic E-state index is 0. The number of carbonyl (C=O) groups excluding carboxylic acids is 1. The average Bonchev–Trinajstić information content (AvgIpc) is 3.07. The van der Waals surface area contributed by atoms with Gasteiger partial charge in [-0.05, 0) is 65.0 Å². The quantitative estimate of drug-likeness (QED) is 0.236. The Morgan fingerprint density at radius 1 is 1.27 bits per heavy atom. The maximum Gasteiger partial charge on any atom is 0.410 e. The van der Waals surface area contributed by atoms with Crippen molar-refractivity contribution >= 4 is 47.1 Å². The van der Waals surface area contributed by atoms with E-state index in [0.717, 1.165) is 62.7 Å². The summed E-state index contributed by atoms with van der Waals surface area (Å²) in [6, 6.07) is 8.25. The van der Waals surface area contributed by atoms with E-state index in [4.69, 9.17) is 4.74 Å². The molecule has 1 fully saturated rings. The van der Waals surface area contributed by atoms with Crippen molar-refractivity contribution in [2.75, 3.05) is 33.2 Å². The molecule has 0 saturated carbocycles. The number of para-hydroxylation sites is 2. The number of hydrogen-bond acceptors (Lipinski definition) is 4. The third kappa shape index (κ3) is 8.04. The summed E-state index contributed by atoms with van der Waals surface area (Å²) in [6.07, 6.45) is 2.84. The van der Waals surface area contributed by atoms with E-state index in [1.165, 1.54) is 5.52 Å². The van der Waals surface area contributed by atoms with Gasteiger partial charge in [0.2, 0.25) is 0 Å². The van der Waals surface area contributed by atoms with Crippen molar-refractivity contribution in [1.82, 2.24) is 25.1 Å². The molecule has 1 amide bonds. The molecule has 0 aliphatic carbocycles. The van der Waals surface area contributed by atoms with Gasteiger partial charge in [0.05, 0.1) is 11.0 Å². The number of guanidine groups is 1. The van der Waals surface area contributed by atoms with Crippen molar-refractivity contribution in [1.29, 1.82) is 0 Å². The highest BCUT2D eigenvalue weighted by atomic mass is 127. The van der Waals surface area contributed by atoms with Gasteiger partial charge in [-0.2, -0.15) is 0 Å². The molecular formula is C24H39IN6O2. The standard InChI is InChI=1S/C24H38N6O2.HI/c1-18-28-20-11-6-7-12-21(20)30(18)15-9-13-26-22(25-5)27-16-19-10-8-14-29(17-19)23(31)32-24(2,3)4;/h6-7,11-12,19H,8-10,13-17H2,1-5H3,(H2,25,26,27);1H. The van der Waals surface area contributed by atoms with Crippen molar-refractivity contribution in [2.45, 2.75) is 59.1 Å². The number of amides is 1. The van der Waals surface area contributed by atoms with Crippen molar-refractivity contribution in [3.63, 3.8) is 0 Å². The zero-order valence-electron chi connectivity index (χ0n) is 20.6. The maximum atomic E-state index is 12.4. The highest BCUT2D eigenvalue weighted by Gasteiger charge is 2.27. The summed E-state index contributed by atoms with van der Waals surface area (Å²) >= 11 is 0. The zero-order chi connectivity index (χ0) is 23.1. The van der Waals surface area contributed by atoms with Gasteiger partial charge in [0.1, 0.15) is 11.4 Å². The first-order chi connectivity index (χ1) is 15.3. The summed E-state index contributed by atoms with van der Waals surface area (Å²) in [4.78, 5) is 23.2. The van der Waals surface area contributed by atoms with Crippen molar-refractivity contribution < 1.29 is 9.53 Å². The second-order valence-electron chi connectivity index (χ2n) is 9.47. The Morgan fingerprint density at radius 2 is 2.03 bits per heavy atom. The Balaban J connectivity index is 0.00000385. The van der Waals surface area contributed by atoms with Crippen LogP contribution >= 0.6 is 24.0 Å². The number of piperidine rings is 1. The molecule has 2 aromatic rings. The van der Waals surface area contributed by atoms with Gasteiger partial charge in [-0.3, -0.25) is 4.99 Å². The molecule has 1 unspecified atom stereocenters. The number of nitrogens with zero attached hydrogens (tertiary/aromatic N) is 4. The third-order valence-electron chi connectivity index (χ3n) is 5.65. The number of halogens is 1. The van der Waals surface area contributed by atoms with Gasteiger partial charge in [-0.15, -0.1) is 24.0 Å². The lowest BCUT2D eigenvalue weighted by molar-refractivity contribution is 0.0168. The highest BCUT2D eigenvalue weighted by Crippen LogP contribution is 2.19. The van der Waals surface area contributed by atoms with Gasteiger partial charge in [0.15, 0.2) is 5.96 Å². The molecule has 33 heavy (non-hydrogen) atoms. The monoisotopic (exact) mass is 570 g/mol. The van der Waals surface area contributed by atoms with Crippen LogP contribution in [0, 0.1) is 12.8 Å². The second-order valence-corrected chi connectivity index (χ2v) is 9.47. The fourth-order valence-corrected chi connectivity index (χ4v) is 4.11. The molecule has 1 aromatic heterocycles. The van der Waals surface area contributed by atoms with Gasteiger partial charge in [0.25, 0.3) is 0 Å². The van der Waals surface area contributed by atoms with E-state index in [1.807, 2.05) is 31.7 Å². The topological polar surface area (TPSA) is 83.8 Å². The van der Waals surface area contributed by atoms with Gasteiger partial charge < -0.3 is 24.8 Å². The van der Waals surface area contributed by atoms with Crippen LogP contribution in [0.3, 0.4) is 0 Å². The van der Waals surface area contributed by atoms with E-state index in [9.17, 15) is 4.79 Å². The molecule has 1 aliphatic heterocycles. The summed E-state index contributed by atoms with van der Waals surface area (Å²) in [5.41, 5.74) is 1.76. The van der Waals surface area contributed by atoms with E-state index < -0.39 is 5.60 Å². The Bertz CT molecular complexity index is 937. The van der Waals surface area contributed by atoms with E-state index >= 15 is 0 Å². The van der Waals surface area contributed by atoms with Gasteiger partial charge in [-0.1, -0.05) is 12.1 Å². The van der Waals surface area contributed by atoms with E-state index in [1.54, 1.807) is 7.05 Å². The van der Waals surface area contributed by atoms with Gasteiger partial charge in [0, 0.05) is 39.8 Å². The first-order valence-corrected chi connectivity index (χ1v) is 11.6. The number of hydrogen-bond donors (Lipinski definition) is 2. The number of likely N-dealkylation sites (tertiary alicyclic amines) is 1. The molecule has 8 nitrogen and oxygen atoms in total. The lowest BCUT2D eigenvalue weighted by Crippen LogP contribution is -2.47. The first-order valence-electron chi connectivity index (χ1n) is 11.6. The van der Waals surface area contributed by atoms with Crippen molar-refractivity contribution in [3.05, 3.63) is 30.1 Å². The van der Waals surface area contributed by atoms with Crippen LogP contribution in [-0.2, 0) is 11.3 Å². The first kappa shape index (κ1) is 27.2. The molecule has 1 saturated heterocycles. The molecule has 1 aliphatic rings. The number of benzene rings is 1. The minimum atomic E-state index is -0.463. The van der Waals surface area contributed by atoms with E-state index in [-0.39, 0.29) is 30.1 Å². The normalized spacial score (nSPS) is 16.9. The van der Waals surface area contributed by atoms with Crippen molar-refractivity contribution in [3.8, 4) is 0 Å². The van der Waals surface area contributed by atoms with Crippen LogP contribution in [0.5, 0.6) is 0 Å². The summed E-state index contributed by atoms with van der Waals surface area (Å²) < 4.78 is 7.79. The van der Waals surface area contributed by atoms with Crippen LogP contribution in [0.4, 0.5) is 4.79 Å². The molecular weight excluding hydrogens is 531 g/mol. The second kappa shape index (κ2) is 12.4. The summed E-state index contributed by atoms with van der Waals surface area (Å²) in [5.74, 6) is 2.22. The number of ether oxygens (including phenoxy) is 1. The largest absolute Gasteiger partial charge is 0.444 e. The number of imidazole rings is 1.